The van der Waals surface area contributed by atoms with Crippen molar-refractivity contribution in [3.05, 3.63) is 28.8 Å². The summed E-state index contributed by atoms with van der Waals surface area (Å²) >= 11 is 10.2. The molecule has 0 amide bonds. The van der Waals surface area contributed by atoms with Gasteiger partial charge < -0.3 is 22.5 Å². The molecule has 0 fully saturated rings. The summed E-state index contributed by atoms with van der Waals surface area (Å²) in [6.07, 6.45) is 0. The van der Waals surface area contributed by atoms with E-state index in [0.717, 1.165) is 0 Å². The summed E-state index contributed by atoms with van der Waals surface area (Å²) in [5.41, 5.74) is -0.107. The van der Waals surface area contributed by atoms with Crippen molar-refractivity contribution in [2.45, 2.75) is 4.90 Å². The van der Waals surface area contributed by atoms with Gasteiger partial charge in [-0.3, -0.25) is 0 Å². The van der Waals surface area contributed by atoms with Gasteiger partial charge in [0, 0.05) is 5.02 Å². The van der Waals surface area contributed by atoms with Gasteiger partial charge in [0.1, 0.15) is 0 Å². The minimum atomic E-state index is -1.33. The molecule has 0 aliphatic heterocycles. The second-order valence-electron chi connectivity index (χ2n) is 1.90. The van der Waals surface area contributed by atoms with Gasteiger partial charge in [-0.15, -0.1) is 0 Å². The molecule has 0 atom stereocenters. The summed E-state index contributed by atoms with van der Waals surface area (Å²) < 4.78 is 0. The second-order valence-corrected chi connectivity index (χ2v) is 2.75. The number of benzene rings is 1. The van der Waals surface area contributed by atoms with E-state index in [9.17, 15) is 9.90 Å². The molecule has 6 heteroatoms. The zero-order chi connectivity index (χ0) is 8.43. The van der Waals surface area contributed by atoms with E-state index >= 15 is 0 Å². The Bertz CT molecular complexity index is 286. The summed E-state index contributed by atoms with van der Waals surface area (Å²) in [6.45, 7) is 0. The Labute approximate surface area is 131 Å². The van der Waals surface area contributed by atoms with Crippen LogP contribution < -0.4 is 64.2 Å². The molecule has 1 aromatic rings. The van der Waals surface area contributed by atoms with E-state index in [1.54, 1.807) is 6.07 Å². The van der Waals surface area contributed by atoms with E-state index in [0.29, 0.717) is 0 Å². The summed E-state index contributed by atoms with van der Waals surface area (Å²) in [6, 6.07) is 4.55. The largest absolute Gasteiger partial charge is 1.00 e. The van der Waals surface area contributed by atoms with Crippen LogP contribution in [0.3, 0.4) is 0 Å². The smallest absolute Gasteiger partial charge is 0.779 e. The third-order valence-electron chi connectivity index (χ3n) is 1.18. The van der Waals surface area contributed by atoms with Crippen LogP contribution in [0.1, 0.15) is 10.4 Å². The van der Waals surface area contributed by atoms with Crippen LogP contribution in [0.25, 0.3) is 0 Å². The van der Waals surface area contributed by atoms with Gasteiger partial charge in [-0.05, 0) is 11.6 Å². The van der Waals surface area contributed by atoms with Crippen molar-refractivity contribution in [1.82, 2.24) is 0 Å². The van der Waals surface area contributed by atoms with E-state index in [-0.39, 0.29) is 74.6 Å². The molecule has 1 aromatic carbocycles. The van der Waals surface area contributed by atoms with Crippen LogP contribution in [0.15, 0.2) is 23.1 Å². The van der Waals surface area contributed by atoms with Crippen LogP contribution in [0, 0.1) is 0 Å². The minimum absolute atomic E-state index is 0. The maximum atomic E-state index is 10.4. The molecule has 0 aliphatic carbocycles. The third-order valence-corrected chi connectivity index (χ3v) is 1.83. The van der Waals surface area contributed by atoms with Gasteiger partial charge in [0.25, 0.3) is 0 Å². The Balaban J connectivity index is 0. The van der Waals surface area contributed by atoms with E-state index in [4.69, 9.17) is 24.2 Å². The molecule has 58 valence electrons. The molecule has 0 radical (unpaired) electrons. The second kappa shape index (κ2) is 7.49. The minimum Gasteiger partial charge on any atom is -0.779 e. The first kappa shape index (κ1) is 16.6. The van der Waals surface area contributed by atoms with Gasteiger partial charge in [-0.25, -0.2) is 0 Å². The molecule has 0 spiro atoms. The molecule has 1 rings (SSSR count). The molecule has 0 saturated carbocycles. The summed E-state index contributed by atoms with van der Waals surface area (Å²) in [4.78, 5) is 10.6. The average molecular weight is 233 g/mol. The first-order valence-electron chi connectivity index (χ1n) is 2.80. The summed E-state index contributed by atoms with van der Waals surface area (Å²) in [5, 5.41) is 10.5. The monoisotopic (exact) mass is 232 g/mol. The molecular weight excluding hydrogens is 230 g/mol. The van der Waals surface area contributed by atoms with Gasteiger partial charge in [0.2, 0.25) is 0 Å². The number of aromatic carboxylic acids is 1. The number of carbonyl (C=O) groups is 1. The van der Waals surface area contributed by atoms with Crippen LogP contribution in [-0.4, -0.2) is 5.97 Å². The van der Waals surface area contributed by atoms with Crippen LogP contribution in [0.4, 0.5) is 0 Å². The maximum absolute atomic E-state index is 10.4. The standard InChI is InChI=1S/C7H5ClO2S.2Na/c8-4-2-1-3-5(11)6(4)7(9)10;;/h1-3,11H,(H,9,10);;/q;2*+1/p-2. The van der Waals surface area contributed by atoms with E-state index in [1.165, 1.54) is 12.1 Å². The van der Waals surface area contributed by atoms with Crippen molar-refractivity contribution in [3.8, 4) is 0 Å². The van der Waals surface area contributed by atoms with E-state index < -0.39 is 5.97 Å². The van der Waals surface area contributed by atoms with E-state index in [1.807, 2.05) is 0 Å². The first-order chi connectivity index (χ1) is 5.13. The molecule has 2 nitrogen and oxygen atoms in total. The number of hydrogen-bond acceptors (Lipinski definition) is 3. The topological polar surface area (TPSA) is 40.1 Å². The van der Waals surface area contributed by atoms with Crippen molar-refractivity contribution in [2.24, 2.45) is 0 Å². The number of rotatable bonds is 1. The third kappa shape index (κ3) is 4.49. The maximum Gasteiger partial charge on any atom is 1.00 e. The van der Waals surface area contributed by atoms with Crippen molar-refractivity contribution >= 4 is 30.2 Å². The van der Waals surface area contributed by atoms with E-state index in [2.05, 4.69) is 0 Å². The number of carboxylic acids is 1. The Morgan fingerprint density at radius 3 is 2.23 bits per heavy atom. The van der Waals surface area contributed by atoms with Crippen molar-refractivity contribution in [2.75, 3.05) is 0 Å². The zero-order valence-corrected chi connectivity index (χ0v) is 12.9. The van der Waals surface area contributed by atoms with Crippen LogP contribution in [0.2, 0.25) is 5.02 Å². The zero-order valence-electron chi connectivity index (χ0n) is 7.33. The van der Waals surface area contributed by atoms with Crippen LogP contribution in [0.5, 0.6) is 0 Å². The van der Waals surface area contributed by atoms with Gasteiger partial charge in [0.05, 0.1) is 5.97 Å². The fraction of sp³-hybridized carbons (Fsp3) is 0. The van der Waals surface area contributed by atoms with Gasteiger partial charge in [0.15, 0.2) is 0 Å². The molecule has 0 N–H and O–H groups in total. The predicted molar refractivity (Wildman–Crippen MR) is 41.4 cm³/mol. The molecule has 0 aliphatic rings. The number of carboxylic acid groups (broad SMARTS) is 1. The SMILES string of the molecule is O=C([O-])c1c([S-])cccc1Cl.[Na+].[Na+]. The van der Waals surface area contributed by atoms with Gasteiger partial charge in [-0.1, -0.05) is 23.7 Å². The first-order valence-corrected chi connectivity index (χ1v) is 3.58. The van der Waals surface area contributed by atoms with Gasteiger partial charge in [-0.2, -0.15) is 4.90 Å². The number of carbonyl (C=O) groups excluding carboxylic acids is 1. The summed E-state index contributed by atoms with van der Waals surface area (Å²) in [5.74, 6) is -1.33. The normalized spacial score (nSPS) is 8.08. The van der Waals surface area contributed by atoms with Crippen LogP contribution >= 0.6 is 11.6 Å². The number of hydrogen-bond donors (Lipinski definition) is 0. The molecule has 0 unspecified atom stereocenters. The van der Waals surface area contributed by atoms with Crippen LogP contribution in [-0.2, 0) is 12.6 Å². The summed E-state index contributed by atoms with van der Waals surface area (Å²) in [7, 11) is 0. The molecule has 13 heavy (non-hydrogen) atoms. The van der Waals surface area contributed by atoms with Crippen molar-refractivity contribution in [3.63, 3.8) is 0 Å². The molecule has 0 saturated heterocycles. The Morgan fingerprint density at radius 2 is 1.92 bits per heavy atom. The quantitative estimate of drug-likeness (QED) is 0.359. The Kier molecular flexibility index (Phi) is 9.57. The molecule has 0 aromatic heterocycles. The fourth-order valence-corrected chi connectivity index (χ4v) is 1.28. The molecule has 0 heterocycles. The van der Waals surface area contributed by atoms with Crippen molar-refractivity contribution < 1.29 is 69.0 Å². The Hall–Kier alpha value is 1.20. The van der Waals surface area contributed by atoms with Crippen molar-refractivity contribution in [1.29, 1.82) is 0 Å². The fourth-order valence-electron chi connectivity index (χ4n) is 0.702. The average Bonchev–Trinajstić information content (AvgIpc) is 1.85. The Morgan fingerprint density at radius 1 is 1.38 bits per heavy atom. The predicted octanol–water partition coefficient (Wildman–Crippen LogP) is -5.38. The number of halogens is 1. The molecular formula is C7H3ClNa2O2S. The van der Waals surface area contributed by atoms with Gasteiger partial charge >= 0.3 is 59.1 Å². The molecule has 0 bridgehead atoms.